The van der Waals surface area contributed by atoms with E-state index in [1.54, 1.807) is 0 Å². The zero-order valence-corrected chi connectivity index (χ0v) is 14.0. The summed E-state index contributed by atoms with van der Waals surface area (Å²) in [6.45, 7) is 2.87. The number of aryl methyl sites for hydroxylation is 2. The summed E-state index contributed by atoms with van der Waals surface area (Å²) >= 11 is 0. The Morgan fingerprint density at radius 1 is 1.36 bits per heavy atom. The monoisotopic (exact) mass is 337 g/mol. The number of nitrogens with one attached hydrogen (secondary N) is 1. The second-order valence-corrected chi connectivity index (χ2v) is 6.07. The maximum Gasteiger partial charge on any atom is 0.257 e. The largest absolute Gasteiger partial charge is 0.355 e. The molecule has 1 aliphatic rings. The summed E-state index contributed by atoms with van der Waals surface area (Å²) in [5.74, 6) is 1.91. The smallest absolute Gasteiger partial charge is 0.257 e. The first-order valence-electron chi connectivity index (χ1n) is 8.51. The van der Waals surface area contributed by atoms with Gasteiger partial charge in [-0.2, -0.15) is 5.10 Å². The molecule has 7 heteroatoms. The summed E-state index contributed by atoms with van der Waals surface area (Å²) < 4.78 is 7.21. The molecule has 0 aliphatic carbocycles. The highest BCUT2D eigenvalue weighted by Crippen LogP contribution is 2.26. The van der Waals surface area contributed by atoms with Crippen molar-refractivity contribution < 1.29 is 9.32 Å². The zero-order valence-electron chi connectivity index (χ0n) is 14.0. The lowest BCUT2D eigenvalue weighted by Gasteiger charge is -2.22. The minimum atomic E-state index is -0.209. The van der Waals surface area contributed by atoms with Gasteiger partial charge in [0.2, 0.25) is 0 Å². The molecule has 7 nitrogen and oxygen atoms in total. The van der Waals surface area contributed by atoms with Gasteiger partial charge in [0, 0.05) is 18.5 Å². The number of rotatable bonds is 4. The van der Waals surface area contributed by atoms with Crippen LogP contribution in [-0.2, 0) is 13.0 Å². The number of fused-ring (bicyclic) bond motifs is 1. The van der Waals surface area contributed by atoms with Crippen LogP contribution in [0.15, 0.2) is 41.1 Å². The van der Waals surface area contributed by atoms with Gasteiger partial charge in [0.25, 0.3) is 5.91 Å². The summed E-state index contributed by atoms with van der Waals surface area (Å²) in [6.07, 6.45) is 4.05. The van der Waals surface area contributed by atoms with Crippen LogP contribution in [0.3, 0.4) is 0 Å². The minimum absolute atomic E-state index is 0.146. The molecule has 1 atom stereocenters. The first-order chi connectivity index (χ1) is 12.3. The molecule has 3 aromatic rings. The lowest BCUT2D eigenvalue weighted by molar-refractivity contribution is 0.0927. The van der Waals surface area contributed by atoms with Crippen molar-refractivity contribution in [3.8, 4) is 11.3 Å². The molecule has 0 fully saturated rings. The van der Waals surface area contributed by atoms with Crippen LogP contribution in [0.4, 0.5) is 0 Å². The third-order valence-corrected chi connectivity index (χ3v) is 4.39. The highest BCUT2D eigenvalue weighted by molar-refractivity contribution is 5.99. The van der Waals surface area contributed by atoms with Crippen molar-refractivity contribution in [2.24, 2.45) is 0 Å². The van der Waals surface area contributed by atoms with Gasteiger partial charge in [0.15, 0.2) is 11.6 Å². The molecule has 0 saturated heterocycles. The normalized spacial score (nSPS) is 16.4. The van der Waals surface area contributed by atoms with E-state index >= 15 is 0 Å². The van der Waals surface area contributed by atoms with Gasteiger partial charge in [0.1, 0.15) is 11.4 Å². The van der Waals surface area contributed by atoms with Crippen LogP contribution in [-0.4, -0.2) is 25.8 Å². The maximum absolute atomic E-state index is 12.8. The summed E-state index contributed by atoms with van der Waals surface area (Å²) in [5.41, 5.74) is 1.25. The summed E-state index contributed by atoms with van der Waals surface area (Å²) in [4.78, 5) is 17.3. The van der Waals surface area contributed by atoms with E-state index in [1.807, 2.05) is 41.9 Å². The van der Waals surface area contributed by atoms with E-state index in [1.165, 1.54) is 6.20 Å². The molecule has 0 spiro atoms. The van der Waals surface area contributed by atoms with E-state index in [0.717, 1.165) is 43.0 Å². The predicted octanol–water partition coefficient (Wildman–Crippen LogP) is 2.76. The van der Waals surface area contributed by atoms with Crippen molar-refractivity contribution in [2.45, 2.75) is 38.8 Å². The van der Waals surface area contributed by atoms with Crippen molar-refractivity contribution in [3.05, 3.63) is 53.7 Å². The molecule has 3 heterocycles. The third-order valence-electron chi connectivity index (χ3n) is 4.39. The molecule has 0 bridgehead atoms. The molecule has 1 aliphatic heterocycles. The Hall–Kier alpha value is -2.96. The molecule has 1 amide bonds. The van der Waals surface area contributed by atoms with E-state index < -0.39 is 0 Å². The van der Waals surface area contributed by atoms with Crippen LogP contribution >= 0.6 is 0 Å². The van der Waals surface area contributed by atoms with Crippen molar-refractivity contribution in [1.29, 1.82) is 0 Å². The number of hydrogen-bond acceptors (Lipinski definition) is 5. The second kappa shape index (κ2) is 6.51. The molecular weight excluding hydrogens is 318 g/mol. The quantitative estimate of drug-likeness (QED) is 0.791. The molecule has 2 aromatic heterocycles. The van der Waals surface area contributed by atoms with Gasteiger partial charge in [-0.15, -0.1) is 0 Å². The predicted molar refractivity (Wildman–Crippen MR) is 90.8 cm³/mol. The SMILES string of the molecule is CCc1nc2n(n1)CCCC2NC(=O)c1cnoc1-c1ccccc1. The summed E-state index contributed by atoms with van der Waals surface area (Å²) in [7, 11) is 0. The topological polar surface area (TPSA) is 85.8 Å². The van der Waals surface area contributed by atoms with Gasteiger partial charge in [-0.25, -0.2) is 9.67 Å². The van der Waals surface area contributed by atoms with E-state index in [9.17, 15) is 4.79 Å². The van der Waals surface area contributed by atoms with E-state index in [-0.39, 0.29) is 11.9 Å². The van der Waals surface area contributed by atoms with E-state index in [0.29, 0.717) is 11.3 Å². The van der Waals surface area contributed by atoms with Crippen LogP contribution in [0.5, 0.6) is 0 Å². The Balaban J connectivity index is 1.58. The molecule has 4 rings (SSSR count). The standard InChI is InChI=1S/C18H19N5O2/c1-2-15-21-17-14(9-6-10-23(17)22-15)20-18(24)13-11-19-25-16(13)12-7-4-3-5-8-12/h3-5,7-8,11,14H,2,6,9-10H2,1H3,(H,20,24). The van der Waals surface area contributed by atoms with Crippen molar-refractivity contribution in [3.63, 3.8) is 0 Å². The van der Waals surface area contributed by atoms with Crippen molar-refractivity contribution >= 4 is 5.91 Å². The molecule has 25 heavy (non-hydrogen) atoms. The number of carbonyl (C=O) groups is 1. The molecule has 1 unspecified atom stereocenters. The van der Waals surface area contributed by atoms with Crippen molar-refractivity contribution in [2.75, 3.05) is 0 Å². The van der Waals surface area contributed by atoms with Gasteiger partial charge in [0.05, 0.1) is 12.2 Å². The van der Waals surface area contributed by atoms with E-state index in [4.69, 9.17) is 4.52 Å². The number of benzene rings is 1. The number of carbonyl (C=O) groups excluding carboxylic acids is 1. The molecule has 1 aromatic carbocycles. The summed E-state index contributed by atoms with van der Waals surface area (Å²) in [6, 6.07) is 9.35. The van der Waals surface area contributed by atoms with E-state index in [2.05, 4.69) is 20.6 Å². The first-order valence-corrected chi connectivity index (χ1v) is 8.51. The Morgan fingerprint density at radius 3 is 3.00 bits per heavy atom. The van der Waals surface area contributed by atoms with Crippen LogP contribution in [0, 0.1) is 0 Å². The van der Waals surface area contributed by atoms with Crippen LogP contribution in [0.1, 0.15) is 47.8 Å². The van der Waals surface area contributed by atoms with Gasteiger partial charge >= 0.3 is 0 Å². The Labute approximate surface area is 145 Å². The number of aromatic nitrogens is 4. The molecule has 1 N–H and O–H groups in total. The first kappa shape index (κ1) is 15.6. The average Bonchev–Trinajstić information content (AvgIpc) is 3.29. The minimum Gasteiger partial charge on any atom is -0.355 e. The number of nitrogens with zero attached hydrogens (tertiary/aromatic N) is 4. The van der Waals surface area contributed by atoms with Crippen molar-refractivity contribution in [1.82, 2.24) is 25.2 Å². The Kier molecular flexibility index (Phi) is 4.05. The number of hydrogen-bond donors (Lipinski definition) is 1. The zero-order chi connectivity index (χ0) is 17.2. The fourth-order valence-corrected chi connectivity index (χ4v) is 3.12. The summed E-state index contributed by atoms with van der Waals surface area (Å²) in [5, 5.41) is 11.3. The molecule has 128 valence electrons. The number of amides is 1. The van der Waals surface area contributed by atoms with Gasteiger partial charge < -0.3 is 9.84 Å². The fourth-order valence-electron chi connectivity index (χ4n) is 3.12. The van der Waals surface area contributed by atoms with Crippen LogP contribution in [0.2, 0.25) is 0 Å². The van der Waals surface area contributed by atoms with Crippen LogP contribution in [0.25, 0.3) is 11.3 Å². The lowest BCUT2D eigenvalue weighted by atomic mass is 10.1. The fraction of sp³-hybridized carbons (Fsp3) is 0.333. The van der Waals surface area contributed by atoms with Gasteiger partial charge in [-0.3, -0.25) is 4.79 Å². The average molecular weight is 337 g/mol. The third kappa shape index (κ3) is 2.93. The van der Waals surface area contributed by atoms with Gasteiger partial charge in [-0.1, -0.05) is 42.4 Å². The molecule has 0 saturated carbocycles. The highest BCUT2D eigenvalue weighted by Gasteiger charge is 2.27. The Morgan fingerprint density at radius 2 is 2.20 bits per heavy atom. The molecule has 0 radical (unpaired) electrons. The Bertz CT molecular complexity index is 884. The van der Waals surface area contributed by atoms with Gasteiger partial charge in [-0.05, 0) is 12.8 Å². The van der Waals surface area contributed by atoms with Crippen LogP contribution < -0.4 is 5.32 Å². The molecular formula is C18H19N5O2. The maximum atomic E-state index is 12.8. The lowest BCUT2D eigenvalue weighted by Crippen LogP contribution is -2.33. The highest BCUT2D eigenvalue weighted by atomic mass is 16.5. The second-order valence-electron chi connectivity index (χ2n) is 6.07.